The van der Waals surface area contributed by atoms with Crippen molar-refractivity contribution < 1.29 is 8.42 Å². The van der Waals surface area contributed by atoms with Gasteiger partial charge in [-0.05, 0) is 43.0 Å². The molecule has 1 aromatic heterocycles. The van der Waals surface area contributed by atoms with Crippen molar-refractivity contribution in [3.63, 3.8) is 0 Å². The van der Waals surface area contributed by atoms with E-state index in [0.29, 0.717) is 12.2 Å². The van der Waals surface area contributed by atoms with Gasteiger partial charge in [-0.1, -0.05) is 38.5 Å². The fourth-order valence-electron chi connectivity index (χ4n) is 2.42. The minimum absolute atomic E-state index is 0.119. The highest BCUT2D eigenvalue weighted by Crippen LogP contribution is 2.25. The van der Waals surface area contributed by atoms with E-state index in [1.165, 1.54) is 11.1 Å². The van der Waals surface area contributed by atoms with E-state index < -0.39 is 10.0 Å². The normalized spacial score (nSPS) is 11.3. The number of unbranched alkanes of at least 4 members (excludes halogenated alkanes) is 1. The first-order valence-corrected chi connectivity index (χ1v) is 9.92. The van der Waals surface area contributed by atoms with Crippen molar-refractivity contribution in [2.75, 3.05) is 15.8 Å². The van der Waals surface area contributed by atoms with E-state index in [0.717, 1.165) is 24.2 Å². The summed E-state index contributed by atoms with van der Waals surface area (Å²) in [5, 5.41) is 3.38. The van der Waals surface area contributed by atoms with Gasteiger partial charge in [0.05, 0.1) is 17.6 Å². The van der Waals surface area contributed by atoms with Crippen LogP contribution in [0.25, 0.3) is 0 Å². The maximum atomic E-state index is 11.9. The highest BCUT2D eigenvalue weighted by Gasteiger charge is 2.10. The number of hydrogen-bond donors (Lipinski definition) is 2. The van der Waals surface area contributed by atoms with Crippen molar-refractivity contribution in [3.05, 3.63) is 47.7 Å². The number of nitrogens with zero attached hydrogens (tertiary/aromatic N) is 1. The van der Waals surface area contributed by atoms with Gasteiger partial charge in [0.1, 0.15) is 5.82 Å². The van der Waals surface area contributed by atoms with E-state index in [1.807, 2.05) is 19.1 Å². The predicted molar refractivity (Wildman–Crippen MR) is 100 cm³/mol. The zero-order chi connectivity index (χ0) is 17.6. The molecule has 130 valence electrons. The molecule has 0 aliphatic rings. The molecule has 0 atom stereocenters. The van der Waals surface area contributed by atoms with Gasteiger partial charge >= 0.3 is 0 Å². The molecule has 2 N–H and O–H groups in total. The lowest BCUT2D eigenvalue weighted by molar-refractivity contribution is 0.597. The Morgan fingerprint density at radius 3 is 2.54 bits per heavy atom. The number of pyridine rings is 1. The summed E-state index contributed by atoms with van der Waals surface area (Å²) >= 11 is 0. The second-order valence-electron chi connectivity index (χ2n) is 5.79. The fourth-order valence-corrected chi connectivity index (χ4v) is 3.63. The number of para-hydroxylation sites is 1. The largest absolute Gasteiger partial charge is 0.354 e. The van der Waals surface area contributed by atoms with Crippen LogP contribution in [0, 0.1) is 6.92 Å². The van der Waals surface area contributed by atoms with Gasteiger partial charge in [0, 0.05) is 5.69 Å². The summed E-state index contributed by atoms with van der Waals surface area (Å²) < 4.78 is 26.3. The Morgan fingerprint density at radius 1 is 1.12 bits per heavy atom. The Morgan fingerprint density at radius 2 is 1.92 bits per heavy atom. The third-order valence-electron chi connectivity index (χ3n) is 3.80. The van der Waals surface area contributed by atoms with Crippen LogP contribution in [0.4, 0.5) is 17.2 Å². The number of sulfonamides is 1. The zero-order valence-corrected chi connectivity index (χ0v) is 15.3. The number of benzene rings is 1. The van der Waals surface area contributed by atoms with Crippen LogP contribution in [0.5, 0.6) is 0 Å². The Hall–Kier alpha value is -2.08. The van der Waals surface area contributed by atoms with Gasteiger partial charge in [-0.25, -0.2) is 13.4 Å². The number of nitrogens with one attached hydrogen (secondary N) is 2. The molecule has 1 aromatic carbocycles. The molecule has 0 amide bonds. The van der Waals surface area contributed by atoms with Gasteiger partial charge in [0.2, 0.25) is 10.0 Å². The van der Waals surface area contributed by atoms with E-state index in [9.17, 15) is 8.42 Å². The molecule has 6 heteroatoms. The predicted octanol–water partition coefficient (Wildman–Crippen LogP) is 4.24. The average molecular weight is 347 g/mol. The first-order valence-electron chi connectivity index (χ1n) is 8.27. The fraction of sp³-hybridized carbons (Fsp3) is 0.389. The molecule has 0 saturated heterocycles. The lowest BCUT2D eigenvalue weighted by Crippen LogP contribution is -2.17. The van der Waals surface area contributed by atoms with Gasteiger partial charge < -0.3 is 5.32 Å². The molecular weight excluding hydrogens is 322 g/mol. The molecule has 0 saturated carbocycles. The quantitative estimate of drug-likeness (QED) is 0.749. The van der Waals surface area contributed by atoms with E-state index in [2.05, 4.69) is 41.0 Å². The van der Waals surface area contributed by atoms with Crippen LogP contribution in [0.15, 0.2) is 36.5 Å². The van der Waals surface area contributed by atoms with E-state index >= 15 is 0 Å². The van der Waals surface area contributed by atoms with Gasteiger partial charge in [-0.2, -0.15) is 0 Å². The summed E-state index contributed by atoms with van der Waals surface area (Å²) in [6.45, 7) is 6.14. The van der Waals surface area contributed by atoms with Gasteiger partial charge in [0.25, 0.3) is 0 Å². The number of aryl methyl sites for hydroxylation is 2. The Balaban J connectivity index is 2.11. The molecule has 0 radical (unpaired) electrons. The van der Waals surface area contributed by atoms with Crippen molar-refractivity contribution in [1.82, 2.24) is 4.98 Å². The highest BCUT2D eigenvalue weighted by molar-refractivity contribution is 7.92. The molecule has 0 bridgehead atoms. The monoisotopic (exact) mass is 347 g/mol. The Bertz CT molecular complexity index is 771. The summed E-state index contributed by atoms with van der Waals surface area (Å²) in [4.78, 5) is 4.20. The second-order valence-corrected chi connectivity index (χ2v) is 7.64. The van der Waals surface area contributed by atoms with Gasteiger partial charge in [0.15, 0.2) is 0 Å². The molecular formula is C18H25N3O2S. The van der Waals surface area contributed by atoms with Crippen LogP contribution in [0.3, 0.4) is 0 Å². The molecule has 0 fully saturated rings. The molecule has 0 unspecified atom stereocenters. The van der Waals surface area contributed by atoms with E-state index in [4.69, 9.17) is 0 Å². The summed E-state index contributed by atoms with van der Waals surface area (Å²) in [5.74, 6) is 0.464. The van der Waals surface area contributed by atoms with Crippen LogP contribution in [0.2, 0.25) is 0 Å². The van der Waals surface area contributed by atoms with Crippen LogP contribution in [-0.4, -0.2) is 19.2 Å². The van der Waals surface area contributed by atoms with Crippen molar-refractivity contribution in [2.24, 2.45) is 0 Å². The molecule has 0 spiro atoms. The Kier molecular flexibility index (Phi) is 6.20. The second kappa shape index (κ2) is 8.15. The van der Waals surface area contributed by atoms with Crippen molar-refractivity contribution >= 4 is 27.2 Å². The van der Waals surface area contributed by atoms with E-state index in [1.54, 1.807) is 12.3 Å². The molecule has 5 nitrogen and oxygen atoms in total. The summed E-state index contributed by atoms with van der Waals surface area (Å²) in [5.41, 5.74) is 4.31. The van der Waals surface area contributed by atoms with Crippen molar-refractivity contribution in [3.8, 4) is 0 Å². The summed E-state index contributed by atoms with van der Waals surface area (Å²) in [6, 6.07) is 9.71. The minimum atomic E-state index is -3.32. The zero-order valence-electron chi connectivity index (χ0n) is 14.5. The molecule has 2 aromatic rings. The summed E-state index contributed by atoms with van der Waals surface area (Å²) in [7, 11) is -3.32. The van der Waals surface area contributed by atoms with Gasteiger partial charge in [-0.15, -0.1) is 0 Å². The molecule has 1 heterocycles. The first kappa shape index (κ1) is 18.3. The smallest absolute Gasteiger partial charge is 0.233 e. The van der Waals surface area contributed by atoms with Crippen LogP contribution in [0.1, 0.15) is 37.8 Å². The van der Waals surface area contributed by atoms with Crippen molar-refractivity contribution in [2.45, 2.75) is 40.0 Å². The third kappa shape index (κ3) is 4.96. The standard InChI is InChI=1S/C18H25N3O2S/c1-4-6-12-24(22,23)21-17-11-10-16(13-19-17)20-18-14(3)8-7-9-15(18)5-2/h7-11,13,20H,4-6,12H2,1-3H3,(H,19,21). The van der Waals surface area contributed by atoms with Crippen molar-refractivity contribution in [1.29, 1.82) is 0 Å². The maximum Gasteiger partial charge on any atom is 0.233 e. The maximum absolute atomic E-state index is 11.9. The topological polar surface area (TPSA) is 71.1 Å². The number of hydrogen-bond acceptors (Lipinski definition) is 4. The van der Waals surface area contributed by atoms with E-state index in [-0.39, 0.29) is 5.75 Å². The Labute approximate surface area is 144 Å². The minimum Gasteiger partial charge on any atom is -0.354 e. The molecule has 24 heavy (non-hydrogen) atoms. The molecule has 0 aliphatic carbocycles. The lowest BCUT2D eigenvalue weighted by atomic mass is 10.1. The number of rotatable bonds is 8. The SMILES string of the molecule is CCCCS(=O)(=O)Nc1ccc(Nc2c(C)cccc2CC)cn1. The lowest BCUT2D eigenvalue weighted by Gasteiger charge is -2.14. The number of anilines is 3. The first-order chi connectivity index (χ1) is 11.4. The molecule has 2 rings (SSSR count). The van der Waals surface area contributed by atoms with Crippen LogP contribution < -0.4 is 10.0 Å². The van der Waals surface area contributed by atoms with Crippen LogP contribution in [-0.2, 0) is 16.4 Å². The van der Waals surface area contributed by atoms with Gasteiger partial charge in [-0.3, -0.25) is 4.72 Å². The molecule has 0 aliphatic heterocycles. The third-order valence-corrected chi connectivity index (χ3v) is 5.15. The number of aromatic nitrogens is 1. The summed E-state index contributed by atoms with van der Waals surface area (Å²) in [6.07, 6.45) is 4.06. The van der Waals surface area contributed by atoms with Crippen LogP contribution >= 0.6 is 0 Å². The highest BCUT2D eigenvalue weighted by atomic mass is 32.2. The average Bonchev–Trinajstić information content (AvgIpc) is 2.56.